The van der Waals surface area contributed by atoms with Crippen molar-refractivity contribution < 1.29 is 5.11 Å². The SMILES string of the molecule is CCCCCCCCCCN(CCC)CCCO.Cl. The molecule has 0 saturated heterocycles. The van der Waals surface area contributed by atoms with Crippen molar-refractivity contribution in [1.29, 1.82) is 0 Å². The highest BCUT2D eigenvalue weighted by Gasteiger charge is 2.02. The van der Waals surface area contributed by atoms with E-state index in [-0.39, 0.29) is 12.4 Å². The summed E-state index contributed by atoms with van der Waals surface area (Å²) >= 11 is 0. The van der Waals surface area contributed by atoms with Crippen LogP contribution >= 0.6 is 12.4 Å². The molecule has 0 aromatic carbocycles. The highest BCUT2D eigenvalue weighted by Crippen LogP contribution is 2.09. The van der Waals surface area contributed by atoms with Crippen LogP contribution in [0.1, 0.15) is 78.1 Å². The maximum absolute atomic E-state index is 8.87. The summed E-state index contributed by atoms with van der Waals surface area (Å²) in [7, 11) is 0. The third-order valence-electron chi connectivity index (χ3n) is 3.50. The molecule has 0 aromatic heterocycles. The van der Waals surface area contributed by atoms with Crippen LogP contribution in [0.25, 0.3) is 0 Å². The Balaban J connectivity index is 0. The van der Waals surface area contributed by atoms with E-state index >= 15 is 0 Å². The highest BCUT2D eigenvalue weighted by atomic mass is 35.5. The van der Waals surface area contributed by atoms with Crippen LogP contribution in [0, 0.1) is 0 Å². The molecule has 0 aliphatic rings. The maximum Gasteiger partial charge on any atom is 0.0443 e. The molecule has 0 heterocycles. The van der Waals surface area contributed by atoms with Crippen molar-refractivity contribution in [2.45, 2.75) is 78.1 Å². The van der Waals surface area contributed by atoms with Crippen LogP contribution in [0.5, 0.6) is 0 Å². The van der Waals surface area contributed by atoms with Crippen LogP contribution < -0.4 is 0 Å². The minimum atomic E-state index is 0. The van der Waals surface area contributed by atoms with Crippen molar-refractivity contribution >= 4 is 12.4 Å². The number of hydrogen-bond donors (Lipinski definition) is 1. The number of nitrogens with zero attached hydrogens (tertiary/aromatic N) is 1. The van der Waals surface area contributed by atoms with Gasteiger partial charge in [0.05, 0.1) is 0 Å². The molecule has 1 N–H and O–H groups in total. The Hall–Kier alpha value is 0.210. The van der Waals surface area contributed by atoms with Gasteiger partial charge in [0.2, 0.25) is 0 Å². The Morgan fingerprint density at radius 3 is 1.68 bits per heavy atom. The molecular weight excluding hydrogens is 258 g/mol. The van der Waals surface area contributed by atoms with Gasteiger partial charge in [-0.2, -0.15) is 0 Å². The largest absolute Gasteiger partial charge is 0.396 e. The molecule has 0 bridgehead atoms. The fourth-order valence-corrected chi connectivity index (χ4v) is 2.42. The third kappa shape index (κ3) is 16.2. The van der Waals surface area contributed by atoms with E-state index in [9.17, 15) is 0 Å². The first-order valence-electron chi connectivity index (χ1n) is 8.18. The van der Waals surface area contributed by atoms with Crippen molar-refractivity contribution in [2.75, 3.05) is 26.2 Å². The Labute approximate surface area is 127 Å². The Bertz CT molecular complexity index is 156. The van der Waals surface area contributed by atoms with Crippen LogP contribution in [-0.2, 0) is 0 Å². The molecule has 0 fully saturated rings. The zero-order chi connectivity index (χ0) is 13.5. The van der Waals surface area contributed by atoms with Gasteiger partial charge >= 0.3 is 0 Å². The highest BCUT2D eigenvalue weighted by molar-refractivity contribution is 5.85. The molecule has 0 radical (unpaired) electrons. The zero-order valence-electron chi connectivity index (χ0n) is 13.2. The van der Waals surface area contributed by atoms with Gasteiger partial charge in [0.15, 0.2) is 0 Å². The van der Waals surface area contributed by atoms with E-state index in [1.807, 2.05) is 0 Å². The summed E-state index contributed by atoms with van der Waals surface area (Å²) in [4.78, 5) is 2.51. The lowest BCUT2D eigenvalue weighted by molar-refractivity contribution is 0.220. The van der Waals surface area contributed by atoms with Crippen molar-refractivity contribution in [2.24, 2.45) is 0 Å². The second-order valence-corrected chi connectivity index (χ2v) is 5.39. The van der Waals surface area contributed by atoms with Crippen LogP contribution in [0.2, 0.25) is 0 Å². The summed E-state index contributed by atoms with van der Waals surface area (Å²) < 4.78 is 0. The summed E-state index contributed by atoms with van der Waals surface area (Å²) in [6.45, 7) is 8.33. The number of halogens is 1. The van der Waals surface area contributed by atoms with E-state index in [1.54, 1.807) is 0 Å². The Kier molecular flexibility index (Phi) is 20.6. The van der Waals surface area contributed by atoms with Gasteiger partial charge in [-0.15, -0.1) is 12.4 Å². The maximum atomic E-state index is 8.87. The third-order valence-corrected chi connectivity index (χ3v) is 3.50. The molecule has 3 heteroatoms. The molecule has 118 valence electrons. The van der Waals surface area contributed by atoms with Gasteiger partial charge in [-0.3, -0.25) is 0 Å². The van der Waals surface area contributed by atoms with E-state index in [2.05, 4.69) is 18.7 Å². The number of rotatable bonds is 14. The van der Waals surface area contributed by atoms with Gasteiger partial charge in [0.25, 0.3) is 0 Å². The lowest BCUT2D eigenvalue weighted by Crippen LogP contribution is -2.27. The molecule has 19 heavy (non-hydrogen) atoms. The molecule has 0 spiro atoms. The summed E-state index contributed by atoms with van der Waals surface area (Å²) in [5.74, 6) is 0. The molecule has 0 saturated carbocycles. The van der Waals surface area contributed by atoms with E-state index < -0.39 is 0 Å². The standard InChI is InChI=1S/C16H35NO.ClH/c1-3-5-6-7-8-9-10-11-14-17(13-4-2)15-12-16-18;/h18H,3-16H2,1-2H3;1H. The van der Waals surface area contributed by atoms with Crippen LogP contribution in [0.3, 0.4) is 0 Å². The molecule has 0 aliphatic heterocycles. The lowest BCUT2D eigenvalue weighted by atomic mass is 10.1. The average molecular weight is 294 g/mol. The summed E-state index contributed by atoms with van der Waals surface area (Å²) in [6.07, 6.45) is 13.3. The first kappa shape index (κ1) is 21.5. The smallest absolute Gasteiger partial charge is 0.0443 e. The zero-order valence-corrected chi connectivity index (χ0v) is 14.0. The fourth-order valence-electron chi connectivity index (χ4n) is 2.42. The molecule has 0 atom stereocenters. The topological polar surface area (TPSA) is 23.5 Å². The van der Waals surface area contributed by atoms with E-state index in [4.69, 9.17) is 5.11 Å². The summed E-state index contributed by atoms with van der Waals surface area (Å²) in [6, 6.07) is 0. The van der Waals surface area contributed by atoms with Crippen molar-refractivity contribution in [3.8, 4) is 0 Å². The molecule has 0 rings (SSSR count). The van der Waals surface area contributed by atoms with E-state index in [0.717, 1.165) is 13.0 Å². The number of hydrogen-bond acceptors (Lipinski definition) is 2. The first-order chi connectivity index (χ1) is 8.85. The average Bonchev–Trinajstić information content (AvgIpc) is 2.39. The van der Waals surface area contributed by atoms with Gasteiger partial charge in [0.1, 0.15) is 0 Å². The lowest BCUT2D eigenvalue weighted by Gasteiger charge is -2.21. The van der Waals surface area contributed by atoms with Crippen LogP contribution in [0.4, 0.5) is 0 Å². The minimum absolute atomic E-state index is 0. The van der Waals surface area contributed by atoms with Crippen molar-refractivity contribution in [3.05, 3.63) is 0 Å². The number of unbranched alkanes of at least 4 members (excludes halogenated alkanes) is 7. The molecule has 2 nitrogen and oxygen atoms in total. The van der Waals surface area contributed by atoms with E-state index in [1.165, 1.54) is 70.9 Å². The van der Waals surface area contributed by atoms with Crippen LogP contribution in [-0.4, -0.2) is 36.2 Å². The Morgan fingerprint density at radius 2 is 1.16 bits per heavy atom. The van der Waals surface area contributed by atoms with Gasteiger partial charge in [0, 0.05) is 13.2 Å². The molecule has 0 aliphatic carbocycles. The van der Waals surface area contributed by atoms with Gasteiger partial charge in [-0.25, -0.2) is 0 Å². The molecule has 0 amide bonds. The quantitative estimate of drug-likeness (QED) is 0.472. The predicted molar refractivity (Wildman–Crippen MR) is 88.3 cm³/mol. The van der Waals surface area contributed by atoms with E-state index in [0.29, 0.717) is 6.61 Å². The van der Waals surface area contributed by atoms with Crippen molar-refractivity contribution in [1.82, 2.24) is 4.90 Å². The second-order valence-electron chi connectivity index (χ2n) is 5.39. The monoisotopic (exact) mass is 293 g/mol. The summed E-state index contributed by atoms with van der Waals surface area (Å²) in [5.41, 5.74) is 0. The predicted octanol–water partition coefficient (Wildman–Crippen LogP) is 4.64. The normalized spacial score (nSPS) is 10.7. The number of aliphatic hydroxyl groups is 1. The molecule has 0 aromatic rings. The summed E-state index contributed by atoms with van der Waals surface area (Å²) in [5, 5.41) is 8.87. The molecule has 0 unspecified atom stereocenters. The molecular formula is C16H36ClNO. The van der Waals surface area contributed by atoms with Crippen LogP contribution in [0.15, 0.2) is 0 Å². The van der Waals surface area contributed by atoms with Gasteiger partial charge < -0.3 is 10.0 Å². The fraction of sp³-hybridized carbons (Fsp3) is 1.00. The second kappa shape index (κ2) is 18.2. The number of aliphatic hydroxyl groups excluding tert-OH is 1. The van der Waals surface area contributed by atoms with Gasteiger partial charge in [-0.05, 0) is 32.4 Å². The van der Waals surface area contributed by atoms with Gasteiger partial charge in [-0.1, -0.05) is 58.8 Å². The Morgan fingerprint density at radius 1 is 0.632 bits per heavy atom. The first-order valence-corrected chi connectivity index (χ1v) is 8.18. The van der Waals surface area contributed by atoms with Crippen molar-refractivity contribution in [3.63, 3.8) is 0 Å². The minimum Gasteiger partial charge on any atom is -0.396 e.